The maximum atomic E-state index is 5.38. The molecule has 0 bridgehead atoms. The quantitative estimate of drug-likeness (QED) is 0.787. The zero-order chi connectivity index (χ0) is 14.8. The summed E-state index contributed by atoms with van der Waals surface area (Å²) in [4.78, 5) is 0. The standard InChI is InChI=1S/C17H26BrNO/c1-17(2,3)13-7-5-6-8-15(13)19-12-9-10-14(18)16(11-12)20-4/h9-11,13,15,19H,5-8H2,1-4H3. The van der Waals surface area contributed by atoms with Gasteiger partial charge in [-0.3, -0.25) is 0 Å². The van der Waals surface area contributed by atoms with Crippen molar-refractivity contribution < 1.29 is 4.74 Å². The highest BCUT2D eigenvalue weighted by Crippen LogP contribution is 2.39. The van der Waals surface area contributed by atoms with Gasteiger partial charge in [0.25, 0.3) is 0 Å². The fraction of sp³-hybridized carbons (Fsp3) is 0.647. The third kappa shape index (κ3) is 3.69. The summed E-state index contributed by atoms with van der Waals surface area (Å²) in [5.74, 6) is 1.61. The summed E-state index contributed by atoms with van der Waals surface area (Å²) in [6.07, 6.45) is 5.29. The molecule has 0 amide bonds. The predicted octanol–water partition coefficient (Wildman–Crippen LogP) is 5.47. The molecule has 112 valence electrons. The van der Waals surface area contributed by atoms with Crippen LogP contribution in [0.25, 0.3) is 0 Å². The van der Waals surface area contributed by atoms with Crippen LogP contribution in [0.15, 0.2) is 22.7 Å². The van der Waals surface area contributed by atoms with Gasteiger partial charge in [0.1, 0.15) is 5.75 Å². The van der Waals surface area contributed by atoms with Crippen molar-refractivity contribution in [3.63, 3.8) is 0 Å². The van der Waals surface area contributed by atoms with E-state index in [1.165, 1.54) is 25.7 Å². The van der Waals surface area contributed by atoms with Crippen LogP contribution in [0.1, 0.15) is 46.5 Å². The highest BCUT2D eigenvalue weighted by molar-refractivity contribution is 9.10. The Balaban J connectivity index is 2.14. The maximum Gasteiger partial charge on any atom is 0.135 e. The van der Waals surface area contributed by atoms with Crippen molar-refractivity contribution in [3.8, 4) is 5.75 Å². The van der Waals surface area contributed by atoms with Gasteiger partial charge in [0.05, 0.1) is 11.6 Å². The molecule has 20 heavy (non-hydrogen) atoms. The number of anilines is 1. The number of methoxy groups -OCH3 is 1. The van der Waals surface area contributed by atoms with E-state index >= 15 is 0 Å². The molecule has 0 spiro atoms. The van der Waals surface area contributed by atoms with Crippen LogP contribution in [0.2, 0.25) is 0 Å². The van der Waals surface area contributed by atoms with E-state index in [2.05, 4.69) is 60.2 Å². The first kappa shape index (κ1) is 15.7. The number of hydrogen-bond donors (Lipinski definition) is 1. The Kier molecular flexibility index (Phi) is 5.00. The first-order valence-corrected chi connectivity index (χ1v) is 8.31. The van der Waals surface area contributed by atoms with Gasteiger partial charge in [-0.2, -0.15) is 0 Å². The normalized spacial score (nSPS) is 23.4. The number of nitrogens with one attached hydrogen (secondary N) is 1. The topological polar surface area (TPSA) is 21.3 Å². The van der Waals surface area contributed by atoms with Gasteiger partial charge in [0.2, 0.25) is 0 Å². The summed E-state index contributed by atoms with van der Waals surface area (Å²) < 4.78 is 6.38. The Morgan fingerprint density at radius 3 is 2.55 bits per heavy atom. The fourth-order valence-electron chi connectivity index (χ4n) is 3.30. The molecule has 2 atom stereocenters. The molecule has 1 fully saturated rings. The minimum atomic E-state index is 0.359. The first-order valence-electron chi connectivity index (χ1n) is 7.52. The number of hydrogen-bond acceptors (Lipinski definition) is 2. The van der Waals surface area contributed by atoms with Crippen molar-refractivity contribution in [2.75, 3.05) is 12.4 Å². The van der Waals surface area contributed by atoms with Gasteiger partial charge in [-0.15, -0.1) is 0 Å². The summed E-state index contributed by atoms with van der Waals surface area (Å²) in [6, 6.07) is 6.82. The number of ether oxygens (including phenoxy) is 1. The lowest BCUT2D eigenvalue weighted by Gasteiger charge is -2.41. The summed E-state index contributed by atoms with van der Waals surface area (Å²) in [7, 11) is 1.71. The van der Waals surface area contributed by atoms with E-state index in [4.69, 9.17) is 4.74 Å². The number of rotatable bonds is 3. The second-order valence-electron chi connectivity index (χ2n) is 6.86. The van der Waals surface area contributed by atoms with Crippen LogP contribution in [0.5, 0.6) is 5.75 Å². The SMILES string of the molecule is COc1cc(NC2CCCCC2C(C)(C)C)ccc1Br. The molecule has 0 heterocycles. The smallest absolute Gasteiger partial charge is 0.135 e. The third-order valence-electron chi connectivity index (χ3n) is 4.38. The van der Waals surface area contributed by atoms with E-state index in [-0.39, 0.29) is 0 Å². The maximum absolute atomic E-state index is 5.38. The first-order chi connectivity index (χ1) is 9.41. The van der Waals surface area contributed by atoms with Gasteiger partial charge in [0.15, 0.2) is 0 Å². The molecule has 0 aliphatic heterocycles. The van der Waals surface area contributed by atoms with Crippen LogP contribution in [0, 0.1) is 11.3 Å². The molecule has 1 aromatic rings. The summed E-state index contributed by atoms with van der Waals surface area (Å²) in [5, 5.41) is 3.74. The van der Waals surface area contributed by atoms with Gasteiger partial charge in [-0.05, 0) is 52.2 Å². The lowest BCUT2D eigenvalue weighted by atomic mass is 9.69. The molecule has 2 nitrogen and oxygen atoms in total. The lowest BCUT2D eigenvalue weighted by molar-refractivity contribution is 0.163. The van der Waals surface area contributed by atoms with Crippen molar-refractivity contribution in [2.45, 2.75) is 52.5 Å². The van der Waals surface area contributed by atoms with Crippen molar-refractivity contribution in [1.29, 1.82) is 0 Å². The number of halogens is 1. The molecule has 1 aromatic carbocycles. The van der Waals surface area contributed by atoms with E-state index < -0.39 is 0 Å². The van der Waals surface area contributed by atoms with E-state index in [1.807, 2.05) is 0 Å². The summed E-state index contributed by atoms with van der Waals surface area (Å²) >= 11 is 3.51. The fourth-order valence-corrected chi connectivity index (χ4v) is 3.71. The molecule has 0 saturated heterocycles. The predicted molar refractivity (Wildman–Crippen MR) is 89.5 cm³/mol. The van der Waals surface area contributed by atoms with Crippen LogP contribution in [0.3, 0.4) is 0 Å². The van der Waals surface area contributed by atoms with Gasteiger partial charge < -0.3 is 10.1 Å². The largest absolute Gasteiger partial charge is 0.495 e. The van der Waals surface area contributed by atoms with Gasteiger partial charge >= 0.3 is 0 Å². The zero-order valence-electron chi connectivity index (χ0n) is 13.0. The Morgan fingerprint density at radius 2 is 1.90 bits per heavy atom. The minimum Gasteiger partial charge on any atom is -0.495 e. The molecule has 1 aliphatic carbocycles. The lowest BCUT2D eigenvalue weighted by Crippen LogP contribution is -2.39. The van der Waals surface area contributed by atoms with Crippen molar-refractivity contribution in [2.24, 2.45) is 11.3 Å². The highest BCUT2D eigenvalue weighted by atomic mass is 79.9. The third-order valence-corrected chi connectivity index (χ3v) is 5.04. The molecule has 1 N–H and O–H groups in total. The zero-order valence-corrected chi connectivity index (χ0v) is 14.6. The van der Waals surface area contributed by atoms with Crippen LogP contribution in [-0.4, -0.2) is 13.2 Å². The van der Waals surface area contributed by atoms with E-state index in [9.17, 15) is 0 Å². The molecule has 0 radical (unpaired) electrons. The number of benzene rings is 1. The molecule has 2 unspecified atom stereocenters. The molecular formula is C17H26BrNO. The molecular weight excluding hydrogens is 314 g/mol. The van der Waals surface area contributed by atoms with E-state index in [0.29, 0.717) is 11.5 Å². The Hall–Kier alpha value is -0.700. The average Bonchev–Trinajstić information content (AvgIpc) is 2.40. The van der Waals surface area contributed by atoms with Crippen molar-refractivity contribution in [1.82, 2.24) is 0 Å². The van der Waals surface area contributed by atoms with Crippen LogP contribution < -0.4 is 10.1 Å². The molecule has 1 aliphatic rings. The van der Waals surface area contributed by atoms with E-state index in [1.54, 1.807) is 7.11 Å². The minimum absolute atomic E-state index is 0.359. The Bertz CT molecular complexity index is 453. The summed E-state index contributed by atoms with van der Waals surface area (Å²) in [6.45, 7) is 7.08. The Labute approximate surface area is 131 Å². The summed E-state index contributed by atoms with van der Waals surface area (Å²) in [5.41, 5.74) is 1.52. The molecule has 2 rings (SSSR count). The van der Waals surface area contributed by atoms with Gasteiger partial charge in [-0.25, -0.2) is 0 Å². The second kappa shape index (κ2) is 6.38. The van der Waals surface area contributed by atoms with Crippen LogP contribution in [0.4, 0.5) is 5.69 Å². The van der Waals surface area contributed by atoms with Crippen molar-refractivity contribution >= 4 is 21.6 Å². The van der Waals surface area contributed by atoms with Gasteiger partial charge in [-0.1, -0.05) is 33.6 Å². The second-order valence-corrected chi connectivity index (χ2v) is 7.71. The van der Waals surface area contributed by atoms with E-state index in [0.717, 1.165) is 21.8 Å². The monoisotopic (exact) mass is 339 g/mol. The van der Waals surface area contributed by atoms with Crippen LogP contribution in [-0.2, 0) is 0 Å². The van der Waals surface area contributed by atoms with Gasteiger partial charge in [0, 0.05) is 17.8 Å². The molecule has 1 saturated carbocycles. The van der Waals surface area contributed by atoms with Crippen LogP contribution >= 0.6 is 15.9 Å². The highest BCUT2D eigenvalue weighted by Gasteiger charge is 2.34. The van der Waals surface area contributed by atoms with Crippen molar-refractivity contribution in [3.05, 3.63) is 22.7 Å². The average molecular weight is 340 g/mol. The Morgan fingerprint density at radius 1 is 1.20 bits per heavy atom. The molecule has 3 heteroatoms. The molecule has 0 aromatic heterocycles.